The largest absolute Gasteiger partial charge is 0.399 e. The third-order valence-electron chi connectivity index (χ3n) is 3.15. The second-order valence-electron chi connectivity index (χ2n) is 4.51. The molecule has 2 aromatic rings. The minimum Gasteiger partial charge on any atom is -0.399 e. The molecule has 0 saturated carbocycles. The van der Waals surface area contributed by atoms with Gasteiger partial charge in [0.15, 0.2) is 6.10 Å². The van der Waals surface area contributed by atoms with Crippen LogP contribution in [0, 0.1) is 5.82 Å². The Kier molecular flexibility index (Phi) is 2.91. The van der Waals surface area contributed by atoms with Crippen LogP contribution in [0.2, 0.25) is 0 Å². The smallest absolute Gasteiger partial charge is 0.158 e. The highest BCUT2D eigenvalue weighted by atomic mass is 19.1. The van der Waals surface area contributed by atoms with Crippen LogP contribution in [-0.4, -0.2) is 5.71 Å². The predicted octanol–water partition coefficient (Wildman–Crippen LogP) is 3.27. The minimum atomic E-state index is -0.252. The summed E-state index contributed by atoms with van der Waals surface area (Å²) in [5.74, 6) is -0.252. The quantitative estimate of drug-likeness (QED) is 0.838. The fraction of sp³-hybridized carbons (Fsp3) is 0.133. The van der Waals surface area contributed by atoms with Crippen molar-refractivity contribution in [1.82, 2.24) is 0 Å². The summed E-state index contributed by atoms with van der Waals surface area (Å²) in [6.45, 7) is 0. The molecule has 0 spiro atoms. The number of oxime groups is 1. The van der Waals surface area contributed by atoms with E-state index in [0.717, 1.165) is 22.5 Å². The number of benzene rings is 2. The molecule has 2 aromatic carbocycles. The van der Waals surface area contributed by atoms with Crippen molar-refractivity contribution in [3.63, 3.8) is 0 Å². The SMILES string of the molecule is Nc1ccc(C2CC(c3ccc(F)cc3)=NO2)cc1. The Balaban J connectivity index is 1.76. The fourth-order valence-corrected chi connectivity index (χ4v) is 2.08. The Morgan fingerprint density at radius 2 is 1.74 bits per heavy atom. The summed E-state index contributed by atoms with van der Waals surface area (Å²) >= 11 is 0. The van der Waals surface area contributed by atoms with E-state index in [2.05, 4.69) is 5.16 Å². The van der Waals surface area contributed by atoms with Gasteiger partial charge in [-0.1, -0.05) is 29.4 Å². The summed E-state index contributed by atoms with van der Waals surface area (Å²) in [6, 6.07) is 13.8. The molecule has 0 aliphatic carbocycles. The zero-order valence-electron chi connectivity index (χ0n) is 10.2. The van der Waals surface area contributed by atoms with Crippen molar-refractivity contribution in [2.75, 3.05) is 5.73 Å². The average Bonchev–Trinajstić information content (AvgIpc) is 2.90. The number of nitrogen functional groups attached to an aromatic ring is 1. The van der Waals surface area contributed by atoms with Gasteiger partial charge in [0.1, 0.15) is 5.82 Å². The molecular weight excluding hydrogens is 243 g/mol. The molecule has 19 heavy (non-hydrogen) atoms. The number of hydrogen-bond acceptors (Lipinski definition) is 3. The molecule has 2 N–H and O–H groups in total. The molecule has 1 unspecified atom stereocenters. The van der Waals surface area contributed by atoms with Gasteiger partial charge in [0, 0.05) is 12.1 Å². The second-order valence-corrected chi connectivity index (χ2v) is 4.51. The first-order chi connectivity index (χ1) is 9.22. The highest BCUT2D eigenvalue weighted by Crippen LogP contribution is 2.29. The van der Waals surface area contributed by atoms with Crippen molar-refractivity contribution < 1.29 is 9.23 Å². The van der Waals surface area contributed by atoms with Crippen molar-refractivity contribution in [3.05, 3.63) is 65.5 Å². The summed E-state index contributed by atoms with van der Waals surface area (Å²) in [6.07, 6.45) is 0.580. The zero-order chi connectivity index (χ0) is 13.2. The predicted molar refractivity (Wildman–Crippen MR) is 72.2 cm³/mol. The standard InChI is InChI=1S/C15H13FN2O/c16-12-5-1-10(2-6-12)14-9-15(19-18-14)11-3-7-13(17)8-4-11/h1-8,15H,9,17H2. The van der Waals surface area contributed by atoms with E-state index in [1.54, 1.807) is 12.1 Å². The Morgan fingerprint density at radius 3 is 2.42 bits per heavy atom. The van der Waals surface area contributed by atoms with Gasteiger partial charge in [0.2, 0.25) is 0 Å². The molecule has 0 fully saturated rings. The van der Waals surface area contributed by atoms with Gasteiger partial charge in [0.05, 0.1) is 5.71 Å². The van der Waals surface area contributed by atoms with Crippen LogP contribution in [0.15, 0.2) is 53.7 Å². The summed E-state index contributed by atoms with van der Waals surface area (Å²) in [5, 5.41) is 4.08. The average molecular weight is 256 g/mol. The lowest BCUT2D eigenvalue weighted by Gasteiger charge is -2.08. The Morgan fingerprint density at radius 1 is 1.05 bits per heavy atom. The van der Waals surface area contributed by atoms with Gasteiger partial charge in [-0.2, -0.15) is 0 Å². The number of hydrogen-bond donors (Lipinski definition) is 1. The van der Waals surface area contributed by atoms with Gasteiger partial charge in [-0.25, -0.2) is 4.39 Å². The minimum absolute atomic E-state index is 0.0966. The molecule has 0 bridgehead atoms. The zero-order valence-corrected chi connectivity index (χ0v) is 10.2. The molecule has 3 rings (SSSR count). The van der Waals surface area contributed by atoms with Crippen LogP contribution in [0.25, 0.3) is 0 Å². The molecule has 0 saturated heterocycles. The summed E-state index contributed by atoms with van der Waals surface area (Å²) < 4.78 is 12.9. The number of nitrogens with two attached hydrogens (primary N) is 1. The van der Waals surface area contributed by atoms with Gasteiger partial charge in [0.25, 0.3) is 0 Å². The highest BCUT2D eigenvalue weighted by molar-refractivity contribution is 6.01. The van der Waals surface area contributed by atoms with Gasteiger partial charge >= 0.3 is 0 Å². The topological polar surface area (TPSA) is 47.6 Å². The van der Waals surface area contributed by atoms with E-state index in [1.807, 2.05) is 24.3 Å². The number of nitrogens with zero attached hydrogens (tertiary/aromatic N) is 1. The molecule has 1 aliphatic rings. The molecule has 1 atom stereocenters. The molecule has 96 valence electrons. The van der Waals surface area contributed by atoms with Crippen LogP contribution in [-0.2, 0) is 4.84 Å². The van der Waals surface area contributed by atoms with E-state index >= 15 is 0 Å². The van der Waals surface area contributed by atoms with Crippen LogP contribution in [0.3, 0.4) is 0 Å². The summed E-state index contributed by atoms with van der Waals surface area (Å²) in [4.78, 5) is 5.43. The number of anilines is 1. The Hall–Kier alpha value is -2.36. The number of halogens is 1. The van der Waals surface area contributed by atoms with Crippen LogP contribution < -0.4 is 5.73 Å². The lowest BCUT2D eigenvalue weighted by Crippen LogP contribution is -2.01. The maximum absolute atomic E-state index is 12.9. The first kappa shape index (κ1) is 11.7. The van der Waals surface area contributed by atoms with Gasteiger partial charge in [-0.15, -0.1) is 0 Å². The normalized spacial score (nSPS) is 17.9. The Labute approximate surface area is 110 Å². The molecule has 0 aromatic heterocycles. The third kappa shape index (κ3) is 2.42. The molecule has 0 radical (unpaired) electrons. The number of rotatable bonds is 2. The monoisotopic (exact) mass is 256 g/mol. The lowest BCUT2D eigenvalue weighted by atomic mass is 10.0. The van der Waals surface area contributed by atoms with Crippen molar-refractivity contribution in [1.29, 1.82) is 0 Å². The van der Waals surface area contributed by atoms with Crippen LogP contribution in [0.5, 0.6) is 0 Å². The van der Waals surface area contributed by atoms with Crippen molar-refractivity contribution in [2.45, 2.75) is 12.5 Å². The molecule has 4 heteroatoms. The fourth-order valence-electron chi connectivity index (χ4n) is 2.08. The Bertz CT molecular complexity index is 605. The van der Waals surface area contributed by atoms with Crippen LogP contribution in [0.1, 0.15) is 23.7 Å². The lowest BCUT2D eigenvalue weighted by molar-refractivity contribution is 0.0857. The van der Waals surface area contributed by atoms with Crippen molar-refractivity contribution in [3.8, 4) is 0 Å². The van der Waals surface area contributed by atoms with E-state index < -0.39 is 0 Å². The molecule has 3 nitrogen and oxygen atoms in total. The molecule has 1 aliphatic heterocycles. The van der Waals surface area contributed by atoms with Gasteiger partial charge in [-0.3, -0.25) is 0 Å². The maximum atomic E-state index is 12.9. The van der Waals surface area contributed by atoms with Crippen molar-refractivity contribution in [2.24, 2.45) is 5.16 Å². The highest BCUT2D eigenvalue weighted by Gasteiger charge is 2.23. The van der Waals surface area contributed by atoms with Crippen LogP contribution >= 0.6 is 0 Å². The van der Waals surface area contributed by atoms with E-state index in [9.17, 15) is 4.39 Å². The molecule has 1 heterocycles. The van der Waals surface area contributed by atoms with E-state index in [0.29, 0.717) is 6.42 Å². The maximum Gasteiger partial charge on any atom is 0.158 e. The first-order valence-corrected chi connectivity index (χ1v) is 6.06. The van der Waals surface area contributed by atoms with E-state index in [1.165, 1.54) is 12.1 Å². The summed E-state index contributed by atoms with van der Waals surface area (Å²) in [5.41, 5.74) is 9.14. The first-order valence-electron chi connectivity index (χ1n) is 6.06. The third-order valence-corrected chi connectivity index (χ3v) is 3.15. The van der Waals surface area contributed by atoms with Gasteiger partial charge < -0.3 is 10.6 Å². The van der Waals surface area contributed by atoms with Crippen LogP contribution in [0.4, 0.5) is 10.1 Å². The summed E-state index contributed by atoms with van der Waals surface area (Å²) in [7, 11) is 0. The van der Waals surface area contributed by atoms with Gasteiger partial charge in [-0.05, 0) is 35.4 Å². The molecular formula is C15H13FN2O. The van der Waals surface area contributed by atoms with E-state index in [-0.39, 0.29) is 11.9 Å². The van der Waals surface area contributed by atoms with Crippen molar-refractivity contribution >= 4 is 11.4 Å². The van der Waals surface area contributed by atoms with E-state index in [4.69, 9.17) is 10.6 Å². The molecule has 0 amide bonds. The second kappa shape index (κ2) is 4.72.